The zero-order chi connectivity index (χ0) is 12.1. The van der Waals surface area contributed by atoms with E-state index in [1.807, 2.05) is 0 Å². The van der Waals surface area contributed by atoms with Gasteiger partial charge in [-0.1, -0.05) is 19.1 Å². The van der Waals surface area contributed by atoms with Crippen LogP contribution >= 0.6 is 0 Å². The van der Waals surface area contributed by atoms with Gasteiger partial charge in [-0.05, 0) is 30.2 Å². The van der Waals surface area contributed by atoms with E-state index in [2.05, 4.69) is 30.4 Å². The Morgan fingerprint density at radius 2 is 2.35 bits per heavy atom. The molecule has 0 bridgehead atoms. The van der Waals surface area contributed by atoms with Crippen LogP contribution in [0.1, 0.15) is 30.5 Å². The molecule has 1 unspecified atom stereocenters. The molecule has 0 spiro atoms. The molecule has 3 nitrogen and oxygen atoms in total. The van der Waals surface area contributed by atoms with E-state index in [1.54, 1.807) is 7.11 Å². The zero-order valence-electron chi connectivity index (χ0n) is 10.7. The van der Waals surface area contributed by atoms with Crippen molar-refractivity contribution in [2.75, 3.05) is 26.9 Å². The molecule has 1 heterocycles. The highest BCUT2D eigenvalue weighted by atomic mass is 16.5. The summed E-state index contributed by atoms with van der Waals surface area (Å²) in [6.07, 6.45) is 2.16. The van der Waals surface area contributed by atoms with Crippen molar-refractivity contribution in [2.24, 2.45) is 0 Å². The summed E-state index contributed by atoms with van der Waals surface area (Å²) < 4.78 is 10.8. The molecule has 1 aromatic rings. The van der Waals surface area contributed by atoms with E-state index < -0.39 is 0 Å². The van der Waals surface area contributed by atoms with E-state index >= 15 is 0 Å². The molecule has 0 aromatic heterocycles. The Balaban J connectivity index is 2.11. The molecular formula is C14H21NO2. The number of benzene rings is 1. The van der Waals surface area contributed by atoms with Crippen LogP contribution in [0.4, 0.5) is 0 Å². The summed E-state index contributed by atoms with van der Waals surface area (Å²) in [5, 5.41) is 3.51. The maximum atomic E-state index is 5.52. The summed E-state index contributed by atoms with van der Waals surface area (Å²) in [6, 6.07) is 6.74. The Morgan fingerprint density at radius 3 is 3.12 bits per heavy atom. The average molecular weight is 235 g/mol. The first-order chi connectivity index (χ1) is 8.35. The van der Waals surface area contributed by atoms with Crippen LogP contribution < -0.4 is 10.1 Å². The maximum Gasteiger partial charge on any atom is 0.122 e. The second kappa shape index (κ2) is 6.03. The Hall–Kier alpha value is -1.06. The number of fused-ring (bicyclic) bond motifs is 1. The number of rotatable bonds is 6. The minimum absolute atomic E-state index is 0.283. The monoisotopic (exact) mass is 235 g/mol. The molecule has 0 saturated heterocycles. The van der Waals surface area contributed by atoms with Crippen LogP contribution in [0.15, 0.2) is 18.2 Å². The molecule has 1 aliphatic rings. The van der Waals surface area contributed by atoms with Gasteiger partial charge < -0.3 is 14.8 Å². The van der Waals surface area contributed by atoms with Gasteiger partial charge in [0.15, 0.2) is 0 Å². The largest absolute Gasteiger partial charge is 0.493 e. The second-order valence-corrected chi connectivity index (χ2v) is 4.43. The molecule has 1 N–H and O–H groups in total. The van der Waals surface area contributed by atoms with Gasteiger partial charge in [0.05, 0.1) is 19.3 Å². The van der Waals surface area contributed by atoms with Crippen molar-refractivity contribution >= 4 is 0 Å². The van der Waals surface area contributed by atoms with Crippen molar-refractivity contribution < 1.29 is 9.47 Å². The average Bonchev–Trinajstić information content (AvgIpc) is 2.81. The van der Waals surface area contributed by atoms with Crippen LogP contribution in [-0.4, -0.2) is 26.9 Å². The standard InChI is InChI=1S/C14H21NO2/c1-3-7-15-13(10-16-2)11-4-5-14-12(9-11)6-8-17-14/h4-5,9,13,15H,3,6-8,10H2,1-2H3. The minimum atomic E-state index is 0.283. The van der Waals surface area contributed by atoms with Crippen molar-refractivity contribution in [1.29, 1.82) is 0 Å². The number of ether oxygens (including phenoxy) is 2. The number of nitrogens with one attached hydrogen (secondary N) is 1. The van der Waals surface area contributed by atoms with Gasteiger partial charge >= 0.3 is 0 Å². The molecule has 1 atom stereocenters. The fourth-order valence-corrected chi connectivity index (χ4v) is 2.18. The first kappa shape index (κ1) is 12.4. The lowest BCUT2D eigenvalue weighted by Gasteiger charge is -2.18. The molecule has 1 aliphatic heterocycles. The van der Waals surface area contributed by atoms with E-state index in [4.69, 9.17) is 9.47 Å². The quantitative estimate of drug-likeness (QED) is 0.820. The third-order valence-corrected chi connectivity index (χ3v) is 3.09. The van der Waals surface area contributed by atoms with E-state index in [1.165, 1.54) is 11.1 Å². The number of hydrogen-bond acceptors (Lipinski definition) is 3. The van der Waals surface area contributed by atoms with Crippen LogP contribution in [-0.2, 0) is 11.2 Å². The Morgan fingerprint density at radius 1 is 1.47 bits per heavy atom. The van der Waals surface area contributed by atoms with Gasteiger partial charge in [-0.3, -0.25) is 0 Å². The Bertz CT molecular complexity index is 365. The lowest BCUT2D eigenvalue weighted by molar-refractivity contribution is 0.167. The van der Waals surface area contributed by atoms with Crippen LogP contribution in [0.3, 0.4) is 0 Å². The predicted octanol–water partition coefficient (Wildman–Crippen LogP) is 2.31. The SMILES string of the molecule is CCCNC(COC)c1ccc2c(c1)CCO2. The van der Waals surface area contributed by atoms with E-state index in [0.717, 1.165) is 31.7 Å². The van der Waals surface area contributed by atoms with E-state index in [0.29, 0.717) is 6.61 Å². The van der Waals surface area contributed by atoms with Crippen molar-refractivity contribution in [3.63, 3.8) is 0 Å². The molecule has 0 aliphatic carbocycles. The molecule has 2 rings (SSSR count). The maximum absolute atomic E-state index is 5.52. The summed E-state index contributed by atoms with van der Waals surface area (Å²) in [7, 11) is 1.75. The minimum Gasteiger partial charge on any atom is -0.493 e. The highest BCUT2D eigenvalue weighted by molar-refractivity contribution is 5.40. The molecule has 3 heteroatoms. The normalized spacial score (nSPS) is 15.4. The lowest BCUT2D eigenvalue weighted by atomic mass is 10.0. The molecule has 94 valence electrons. The van der Waals surface area contributed by atoms with Gasteiger partial charge in [0.2, 0.25) is 0 Å². The molecule has 0 amide bonds. The number of hydrogen-bond donors (Lipinski definition) is 1. The molecule has 17 heavy (non-hydrogen) atoms. The van der Waals surface area contributed by atoms with Crippen molar-refractivity contribution in [1.82, 2.24) is 5.32 Å². The molecule has 1 aromatic carbocycles. The molecular weight excluding hydrogens is 214 g/mol. The highest BCUT2D eigenvalue weighted by Gasteiger charge is 2.16. The number of methoxy groups -OCH3 is 1. The molecule has 0 saturated carbocycles. The Labute approximate surface area is 103 Å². The first-order valence-corrected chi connectivity index (χ1v) is 6.33. The van der Waals surface area contributed by atoms with Crippen molar-refractivity contribution in [2.45, 2.75) is 25.8 Å². The molecule has 0 radical (unpaired) electrons. The van der Waals surface area contributed by atoms with Crippen LogP contribution in [0.25, 0.3) is 0 Å². The first-order valence-electron chi connectivity index (χ1n) is 6.33. The fraction of sp³-hybridized carbons (Fsp3) is 0.571. The van der Waals surface area contributed by atoms with E-state index in [9.17, 15) is 0 Å². The second-order valence-electron chi connectivity index (χ2n) is 4.43. The third-order valence-electron chi connectivity index (χ3n) is 3.09. The Kier molecular flexibility index (Phi) is 4.40. The lowest BCUT2D eigenvalue weighted by Crippen LogP contribution is -2.25. The van der Waals surface area contributed by atoms with Gasteiger partial charge in [-0.25, -0.2) is 0 Å². The summed E-state index contributed by atoms with van der Waals surface area (Å²) in [4.78, 5) is 0. The summed E-state index contributed by atoms with van der Waals surface area (Å²) in [6.45, 7) is 4.71. The molecule has 0 fully saturated rings. The van der Waals surface area contributed by atoms with Gasteiger partial charge in [0.1, 0.15) is 5.75 Å². The third kappa shape index (κ3) is 2.99. The van der Waals surface area contributed by atoms with E-state index in [-0.39, 0.29) is 6.04 Å². The summed E-state index contributed by atoms with van der Waals surface area (Å²) in [5.41, 5.74) is 2.62. The van der Waals surface area contributed by atoms with Gasteiger partial charge in [0, 0.05) is 13.5 Å². The predicted molar refractivity (Wildman–Crippen MR) is 68.6 cm³/mol. The van der Waals surface area contributed by atoms with Crippen LogP contribution in [0, 0.1) is 0 Å². The van der Waals surface area contributed by atoms with Gasteiger partial charge in [-0.15, -0.1) is 0 Å². The van der Waals surface area contributed by atoms with Crippen LogP contribution in [0.5, 0.6) is 5.75 Å². The van der Waals surface area contributed by atoms with Crippen LogP contribution in [0.2, 0.25) is 0 Å². The smallest absolute Gasteiger partial charge is 0.122 e. The van der Waals surface area contributed by atoms with Crippen molar-refractivity contribution in [3.05, 3.63) is 29.3 Å². The van der Waals surface area contributed by atoms with Gasteiger partial charge in [-0.2, -0.15) is 0 Å². The topological polar surface area (TPSA) is 30.5 Å². The van der Waals surface area contributed by atoms with Gasteiger partial charge in [0.25, 0.3) is 0 Å². The summed E-state index contributed by atoms with van der Waals surface area (Å²) in [5.74, 6) is 1.04. The fourth-order valence-electron chi connectivity index (χ4n) is 2.18. The summed E-state index contributed by atoms with van der Waals surface area (Å²) >= 11 is 0. The highest BCUT2D eigenvalue weighted by Crippen LogP contribution is 2.28. The van der Waals surface area contributed by atoms with Crippen molar-refractivity contribution in [3.8, 4) is 5.75 Å². The zero-order valence-corrected chi connectivity index (χ0v) is 10.7.